The minimum Gasteiger partial charge on any atom is -0.249 e. The third-order valence-electron chi connectivity index (χ3n) is 3.20. The van der Waals surface area contributed by atoms with Crippen LogP contribution < -0.4 is 0 Å². The van der Waals surface area contributed by atoms with E-state index in [1.54, 1.807) is 0 Å². The van der Waals surface area contributed by atoms with Crippen LogP contribution in [0.15, 0.2) is 0 Å². The van der Waals surface area contributed by atoms with Crippen molar-refractivity contribution in [2.45, 2.75) is 90.6 Å². The van der Waals surface area contributed by atoms with E-state index in [9.17, 15) is 0 Å². The van der Waals surface area contributed by atoms with Gasteiger partial charge in [-0.05, 0) is 0 Å². The Labute approximate surface area is 121 Å². The molecule has 0 aliphatic heterocycles. The number of hydrogen-bond acceptors (Lipinski definition) is 6. The molecular formula is C14H30O6. The van der Waals surface area contributed by atoms with Gasteiger partial charge in [0.05, 0.1) is 0 Å². The molecule has 0 aliphatic rings. The van der Waals surface area contributed by atoms with Gasteiger partial charge in [-0.15, -0.1) is 0 Å². The van der Waals surface area contributed by atoms with Gasteiger partial charge in [-0.2, -0.15) is 9.78 Å². The third-order valence-corrected chi connectivity index (χ3v) is 3.20. The second-order valence-corrected chi connectivity index (χ2v) is 5.17. The lowest BCUT2D eigenvalue weighted by Gasteiger charge is -2.34. The lowest BCUT2D eigenvalue weighted by molar-refractivity contribution is -0.575. The second-order valence-electron chi connectivity index (χ2n) is 5.17. The summed E-state index contributed by atoms with van der Waals surface area (Å²) in [5, 5.41) is 18.3. The Morgan fingerprint density at radius 1 is 0.600 bits per heavy atom. The normalized spacial score (nSPS) is 12.9. The van der Waals surface area contributed by atoms with E-state index < -0.39 is 11.6 Å². The van der Waals surface area contributed by atoms with Crippen molar-refractivity contribution in [3.05, 3.63) is 0 Å². The molecule has 20 heavy (non-hydrogen) atoms. The number of hydrogen-bond donors (Lipinski definition) is 2. The van der Waals surface area contributed by atoms with Crippen LogP contribution in [0.1, 0.15) is 79.1 Å². The van der Waals surface area contributed by atoms with E-state index in [0.29, 0.717) is 25.7 Å². The van der Waals surface area contributed by atoms with E-state index in [1.165, 1.54) is 0 Å². The predicted octanol–water partition coefficient (Wildman–Crippen LogP) is 4.51. The molecule has 0 atom stereocenters. The van der Waals surface area contributed by atoms with Crippen LogP contribution in [-0.4, -0.2) is 22.1 Å². The fraction of sp³-hybridized carbons (Fsp3) is 1.00. The molecule has 0 amide bonds. The van der Waals surface area contributed by atoms with Crippen molar-refractivity contribution < 1.29 is 30.1 Å². The van der Waals surface area contributed by atoms with Gasteiger partial charge in [0.2, 0.25) is 11.6 Å². The maximum Gasteiger partial charge on any atom is 0.233 e. The first-order chi connectivity index (χ1) is 9.57. The fourth-order valence-electron chi connectivity index (χ4n) is 2.31. The molecule has 122 valence electrons. The SMILES string of the molecule is CCCC(CCC)(OO)OOC(CCC)(CCC)OO. The Morgan fingerprint density at radius 3 is 1.00 bits per heavy atom. The summed E-state index contributed by atoms with van der Waals surface area (Å²) in [5.41, 5.74) is 0. The second kappa shape index (κ2) is 10.5. The van der Waals surface area contributed by atoms with Crippen molar-refractivity contribution in [1.82, 2.24) is 0 Å². The smallest absolute Gasteiger partial charge is 0.233 e. The van der Waals surface area contributed by atoms with Crippen LogP contribution >= 0.6 is 0 Å². The van der Waals surface area contributed by atoms with Gasteiger partial charge in [0.1, 0.15) is 0 Å². The molecule has 0 spiro atoms. The van der Waals surface area contributed by atoms with Crippen molar-refractivity contribution in [3.63, 3.8) is 0 Å². The maximum absolute atomic E-state index is 9.16. The van der Waals surface area contributed by atoms with E-state index in [-0.39, 0.29) is 0 Å². The summed E-state index contributed by atoms with van der Waals surface area (Å²) in [5.74, 6) is -2.43. The van der Waals surface area contributed by atoms with E-state index in [2.05, 4.69) is 9.78 Å². The average molecular weight is 294 g/mol. The highest BCUT2D eigenvalue weighted by Crippen LogP contribution is 2.31. The third kappa shape index (κ3) is 6.03. The zero-order valence-electron chi connectivity index (χ0n) is 13.2. The molecule has 2 N–H and O–H groups in total. The van der Waals surface area contributed by atoms with Crippen LogP contribution in [0.3, 0.4) is 0 Å². The van der Waals surface area contributed by atoms with Crippen molar-refractivity contribution in [3.8, 4) is 0 Å². The van der Waals surface area contributed by atoms with Crippen LogP contribution in [0, 0.1) is 0 Å². The predicted molar refractivity (Wildman–Crippen MR) is 74.7 cm³/mol. The lowest BCUT2D eigenvalue weighted by atomic mass is 10.1. The monoisotopic (exact) mass is 294 g/mol. The molecule has 0 bridgehead atoms. The molecule has 0 aromatic heterocycles. The molecule has 0 aliphatic carbocycles. The van der Waals surface area contributed by atoms with E-state index in [0.717, 1.165) is 25.7 Å². The molecule has 0 aromatic carbocycles. The Kier molecular flexibility index (Phi) is 10.4. The van der Waals surface area contributed by atoms with Gasteiger partial charge >= 0.3 is 0 Å². The summed E-state index contributed by atoms with van der Waals surface area (Å²) in [7, 11) is 0. The van der Waals surface area contributed by atoms with Gasteiger partial charge in [-0.25, -0.2) is 20.3 Å². The first-order valence-corrected chi connectivity index (χ1v) is 7.59. The summed E-state index contributed by atoms with van der Waals surface area (Å²) in [6, 6.07) is 0. The van der Waals surface area contributed by atoms with E-state index in [1.807, 2.05) is 27.7 Å². The van der Waals surface area contributed by atoms with Gasteiger partial charge in [0, 0.05) is 25.7 Å². The Balaban J connectivity index is 4.83. The molecule has 0 fully saturated rings. The number of rotatable bonds is 13. The summed E-state index contributed by atoms with van der Waals surface area (Å²) >= 11 is 0. The zero-order valence-corrected chi connectivity index (χ0v) is 13.2. The van der Waals surface area contributed by atoms with Gasteiger partial charge in [-0.1, -0.05) is 53.4 Å². The molecule has 0 heterocycles. The topological polar surface area (TPSA) is 77.4 Å². The molecule has 6 heteroatoms. The molecule has 0 unspecified atom stereocenters. The van der Waals surface area contributed by atoms with Crippen LogP contribution in [0.25, 0.3) is 0 Å². The van der Waals surface area contributed by atoms with Crippen LogP contribution in [-0.2, 0) is 19.6 Å². The van der Waals surface area contributed by atoms with Crippen LogP contribution in [0.2, 0.25) is 0 Å². The Hall–Kier alpha value is -0.240. The van der Waals surface area contributed by atoms with E-state index in [4.69, 9.17) is 20.3 Å². The van der Waals surface area contributed by atoms with Gasteiger partial charge in [-0.3, -0.25) is 0 Å². The first-order valence-electron chi connectivity index (χ1n) is 7.59. The molecule has 0 saturated carbocycles. The molecule has 6 nitrogen and oxygen atoms in total. The molecule has 0 aromatic rings. The van der Waals surface area contributed by atoms with Crippen molar-refractivity contribution in [2.75, 3.05) is 0 Å². The highest BCUT2D eigenvalue weighted by molar-refractivity contribution is 4.69. The van der Waals surface area contributed by atoms with Crippen molar-refractivity contribution in [2.24, 2.45) is 0 Å². The van der Waals surface area contributed by atoms with Crippen LogP contribution in [0.5, 0.6) is 0 Å². The quantitative estimate of drug-likeness (QED) is 0.296. The summed E-state index contributed by atoms with van der Waals surface area (Å²) < 4.78 is 0. The van der Waals surface area contributed by atoms with Gasteiger partial charge in [0.25, 0.3) is 0 Å². The average Bonchev–Trinajstić information content (AvgIpc) is 2.45. The molecule has 0 saturated heterocycles. The lowest BCUT2D eigenvalue weighted by Crippen LogP contribution is -2.42. The van der Waals surface area contributed by atoms with Gasteiger partial charge < -0.3 is 0 Å². The minimum absolute atomic E-state index is 0.483. The largest absolute Gasteiger partial charge is 0.249 e. The van der Waals surface area contributed by atoms with Gasteiger partial charge in [0.15, 0.2) is 0 Å². The highest BCUT2D eigenvalue weighted by Gasteiger charge is 2.39. The Morgan fingerprint density at radius 2 is 0.850 bits per heavy atom. The minimum atomic E-state index is -1.21. The summed E-state index contributed by atoms with van der Waals surface area (Å²) in [6.07, 6.45) is 4.98. The molecule has 0 rings (SSSR count). The van der Waals surface area contributed by atoms with Crippen LogP contribution in [0.4, 0.5) is 0 Å². The molecule has 0 radical (unpaired) electrons. The van der Waals surface area contributed by atoms with E-state index >= 15 is 0 Å². The standard InChI is InChI=1S/C14H30O6/c1-5-9-13(17-15,10-6-2)19-20-14(18-16,11-7-3)12-8-4/h15-16H,5-12H2,1-4H3. The summed E-state index contributed by atoms with van der Waals surface area (Å²) in [4.78, 5) is 19.8. The maximum atomic E-state index is 9.16. The Bertz CT molecular complexity index is 198. The van der Waals surface area contributed by atoms with Crippen molar-refractivity contribution in [1.29, 1.82) is 0 Å². The van der Waals surface area contributed by atoms with Crippen molar-refractivity contribution >= 4 is 0 Å². The fourth-order valence-corrected chi connectivity index (χ4v) is 2.31. The zero-order chi connectivity index (χ0) is 15.5. The highest BCUT2D eigenvalue weighted by atomic mass is 17.3. The first kappa shape index (κ1) is 19.8. The summed E-state index contributed by atoms with van der Waals surface area (Å²) in [6.45, 7) is 7.84. The molecular weight excluding hydrogens is 264 g/mol.